The third-order valence-corrected chi connectivity index (χ3v) is 3.24. The SMILES string of the molecule is COC(CN)c1nc(C2COc3ccccc32)no1. The van der Waals surface area contributed by atoms with Gasteiger partial charge in [-0.1, -0.05) is 23.4 Å². The highest BCUT2D eigenvalue weighted by Crippen LogP contribution is 2.36. The molecule has 2 heterocycles. The fourth-order valence-electron chi connectivity index (χ4n) is 2.19. The Morgan fingerprint density at radius 1 is 1.47 bits per heavy atom. The molecule has 1 aliphatic heterocycles. The van der Waals surface area contributed by atoms with Crippen LogP contribution in [0.3, 0.4) is 0 Å². The third-order valence-electron chi connectivity index (χ3n) is 3.24. The van der Waals surface area contributed by atoms with Crippen LogP contribution in [0, 0.1) is 0 Å². The quantitative estimate of drug-likeness (QED) is 0.891. The van der Waals surface area contributed by atoms with Crippen molar-refractivity contribution in [3.05, 3.63) is 41.5 Å². The molecule has 2 atom stereocenters. The lowest BCUT2D eigenvalue weighted by atomic mass is 10.0. The normalized spacial score (nSPS) is 18.9. The largest absolute Gasteiger partial charge is 0.492 e. The van der Waals surface area contributed by atoms with Crippen LogP contribution in [0.4, 0.5) is 0 Å². The van der Waals surface area contributed by atoms with E-state index < -0.39 is 0 Å². The van der Waals surface area contributed by atoms with Gasteiger partial charge in [0.1, 0.15) is 18.5 Å². The van der Waals surface area contributed by atoms with Crippen molar-refractivity contribution < 1.29 is 14.0 Å². The fourth-order valence-corrected chi connectivity index (χ4v) is 2.19. The maximum absolute atomic E-state index is 5.61. The van der Waals surface area contributed by atoms with Gasteiger partial charge in [0.05, 0.1) is 5.92 Å². The summed E-state index contributed by atoms with van der Waals surface area (Å²) in [7, 11) is 1.56. The molecule has 2 N–H and O–H groups in total. The van der Waals surface area contributed by atoms with Crippen molar-refractivity contribution in [2.24, 2.45) is 5.73 Å². The number of nitrogens with zero attached hydrogens (tertiary/aromatic N) is 2. The highest BCUT2D eigenvalue weighted by atomic mass is 16.5. The molecule has 6 heteroatoms. The minimum absolute atomic E-state index is 0.00369. The van der Waals surface area contributed by atoms with Crippen LogP contribution in [-0.4, -0.2) is 30.4 Å². The number of fused-ring (bicyclic) bond motifs is 1. The minimum Gasteiger partial charge on any atom is -0.492 e. The second kappa shape index (κ2) is 4.99. The highest BCUT2D eigenvalue weighted by molar-refractivity contribution is 5.42. The molecule has 6 nitrogen and oxygen atoms in total. The molecule has 0 aliphatic carbocycles. The van der Waals surface area contributed by atoms with Gasteiger partial charge in [0.25, 0.3) is 5.89 Å². The zero-order valence-electron chi connectivity index (χ0n) is 10.6. The summed E-state index contributed by atoms with van der Waals surface area (Å²) in [6.07, 6.45) is -0.362. The first-order chi connectivity index (χ1) is 9.33. The lowest BCUT2D eigenvalue weighted by Crippen LogP contribution is -2.14. The molecule has 0 fully saturated rings. The van der Waals surface area contributed by atoms with E-state index >= 15 is 0 Å². The van der Waals surface area contributed by atoms with Crippen LogP contribution < -0.4 is 10.5 Å². The first-order valence-corrected chi connectivity index (χ1v) is 6.11. The fraction of sp³-hybridized carbons (Fsp3) is 0.385. The van der Waals surface area contributed by atoms with Gasteiger partial charge < -0.3 is 19.7 Å². The smallest absolute Gasteiger partial charge is 0.257 e. The van der Waals surface area contributed by atoms with Gasteiger partial charge in [0.15, 0.2) is 5.82 Å². The van der Waals surface area contributed by atoms with Crippen LogP contribution in [0.1, 0.15) is 29.3 Å². The number of nitrogens with two attached hydrogens (primary N) is 1. The van der Waals surface area contributed by atoms with Crippen molar-refractivity contribution in [3.63, 3.8) is 0 Å². The number of para-hydroxylation sites is 1. The summed E-state index contributed by atoms with van der Waals surface area (Å²) in [6, 6.07) is 7.87. The number of methoxy groups -OCH3 is 1. The molecule has 3 rings (SSSR count). The van der Waals surface area contributed by atoms with Crippen LogP contribution >= 0.6 is 0 Å². The average Bonchev–Trinajstić information content (AvgIpc) is 3.06. The van der Waals surface area contributed by atoms with Crippen molar-refractivity contribution in [2.45, 2.75) is 12.0 Å². The predicted molar refractivity (Wildman–Crippen MR) is 66.9 cm³/mol. The summed E-state index contributed by atoms with van der Waals surface area (Å²) >= 11 is 0. The molecule has 2 aromatic rings. The van der Waals surface area contributed by atoms with Gasteiger partial charge >= 0.3 is 0 Å². The molecule has 100 valence electrons. The van der Waals surface area contributed by atoms with Crippen LogP contribution in [0.5, 0.6) is 5.75 Å². The maximum atomic E-state index is 5.61. The number of rotatable bonds is 4. The van der Waals surface area contributed by atoms with E-state index in [1.165, 1.54) is 0 Å². The zero-order chi connectivity index (χ0) is 13.2. The number of ether oxygens (including phenoxy) is 2. The van der Waals surface area contributed by atoms with Gasteiger partial charge in [-0.3, -0.25) is 0 Å². The monoisotopic (exact) mass is 261 g/mol. The number of aromatic nitrogens is 2. The summed E-state index contributed by atoms with van der Waals surface area (Å²) in [5.41, 5.74) is 6.66. The molecule has 0 bridgehead atoms. The van der Waals surface area contributed by atoms with Gasteiger partial charge in [-0.25, -0.2) is 0 Å². The Hall–Kier alpha value is -1.92. The molecule has 2 unspecified atom stereocenters. The molecule has 0 radical (unpaired) electrons. The predicted octanol–water partition coefficient (Wildman–Crippen LogP) is 1.24. The Kier molecular flexibility index (Phi) is 3.18. The molecular weight excluding hydrogens is 246 g/mol. The van der Waals surface area contributed by atoms with Crippen LogP contribution in [0.15, 0.2) is 28.8 Å². The van der Waals surface area contributed by atoms with Crippen molar-refractivity contribution in [2.75, 3.05) is 20.3 Å². The maximum Gasteiger partial charge on any atom is 0.257 e. The summed E-state index contributed by atoms with van der Waals surface area (Å²) in [4.78, 5) is 4.37. The molecule has 1 aromatic carbocycles. The molecule has 0 saturated carbocycles. The number of benzene rings is 1. The summed E-state index contributed by atoms with van der Waals surface area (Å²) < 4.78 is 16.0. The van der Waals surface area contributed by atoms with E-state index in [1.807, 2.05) is 24.3 Å². The molecule has 1 aliphatic rings. The Morgan fingerprint density at radius 3 is 3.11 bits per heavy atom. The van der Waals surface area contributed by atoms with Crippen LogP contribution in [0.2, 0.25) is 0 Å². The second-order valence-corrected chi connectivity index (χ2v) is 4.35. The van der Waals surface area contributed by atoms with E-state index in [0.717, 1.165) is 11.3 Å². The van der Waals surface area contributed by atoms with Gasteiger partial charge in [0, 0.05) is 19.2 Å². The average molecular weight is 261 g/mol. The van der Waals surface area contributed by atoms with E-state index in [9.17, 15) is 0 Å². The van der Waals surface area contributed by atoms with E-state index in [1.54, 1.807) is 7.11 Å². The number of hydrogen-bond acceptors (Lipinski definition) is 6. The lowest BCUT2D eigenvalue weighted by molar-refractivity contribution is 0.0804. The Morgan fingerprint density at radius 2 is 2.32 bits per heavy atom. The Bertz CT molecular complexity index is 566. The van der Waals surface area contributed by atoms with E-state index in [-0.39, 0.29) is 12.0 Å². The molecule has 1 aromatic heterocycles. The van der Waals surface area contributed by atoms with Crippen molar-refractivity contribution in [1.82, 2.24) is 10.1 Å². The van der Waals surface area contributed by atoms with E-state index in [0.29, 0.717) is 24.9 Å². The van der Waals surface area contributed by atoms with Crippen LogP contribution in [0.25, 0.3) is 0 Å². The second-order valence-electron chi connectivity index (χ2n) is 4.35. The molecule has 0 spiro atoms. The van der Waals surface area contributed by atoms with Crippen molar-refractivity contribution >= 4 is 0 Å². The number of hydrogen-bond donors (Lipinski definition) is 1. The standard InChI is InChI=1S/C13H15N3O3/c1-17-11(6-14)13-15-12(16-19-13)9-7-18-10-5-3-2-4-8(9)10/h2-5,9,11H,6-7,14H2,1H3. The first kappa shape index (κ1) is 12.1. The summed E-state index contributed by atoms with van der Waals surface area (Å²) in [6.45, 7) is 0.828. The lowest BCUT2D eigenvalue weighted by Gasteiger charge is -2.06. The third kappa shape index (κ3) is 2.09. The van der Waals surface area contributed by atoms with Gasteiger partial charge in [-0.2, -0.15) is 4.98 Å². The van der Waals surface area contributed by atoms with Gasteiger partial charge in [0.2, 0.25) is 0 Å². The Labute approximate surface area is 110 Å². The van der Waals surface area contributed by atoms with E-state index in [2.05, 4.69) is 10.1 Å². The van der Waals surface area contributed by atoms with Crippen molar-refractivity contribution in [1.29, 1.82) is 0 Å². The topological polar surface area (TPSA) is 83.4 Å². The molecular formula is C13H15N3O3. The minimum atomic E-state index is -0.362. The Balaban J connectivity index is 1.88. The zero-order valence-corrected chi connectivity index (χ0v) is 10.6. The molecule has 0 amide bonds. The summed E-state index contributed by atoms with van der Waals surface area (Å²) in [5.74, 6) is 1.89. The van der Waals surface area contributed by atoms with E-state index in [4.69, 9.17) is 19.7 Å². The van der Waals surface area contributed by atoms with Crippen molar-refractivity contribution in [3.8, 4) is 5.75 Å². The van der Waals surface area contributed by atoms with Crippen LogP contribution in [-0.2, 0) is 4.74 Å². The molecule has 19 heavy (non-hydrogen) atoms. The van der Waals surface area contributed by atoms with Gasteiger partial charge in [-0.05, 0) is 6.07 Å². The highest BCUT2D eigenvalue weighted by Gasteiger charge is 2.30. The summed E-state index contributed by atoms with van der Waals surface area (Å²) in [5, 5.41) is 4.01. The van der Waals surface area contributed by atoms with Gasteiger partial charge in [-0.15, -0.1) is 0 Å². The first-order valence-electron chi connectivity index (χ1n) is 6.11. The molecule has 0 saturated heterocycles.